The molecule has 1 aromatic heterocycles. The highest BCUT2D eigenvalue weighted by Crippen LogP contribution is 2.69. The van der Waals surface area contributed by atoms with Gasteiger partial charge in [0.2, 0.25) is 0 Å². The van der Waals surface area contributed by atoms with Crippen molar-refractivity contribution in [2.45, 2.75) is 102 Å². The fourth-order valence-corrected chi connectivity index (χ4v) is 11.0. The molecule has 0 saturated heterocycles. The summed E-state index contributed by atoms with van der Waals surface area (Å²) in [6.07, 6.45) is 18.0. The van der Waals surface area contributed by atoms with Crippen LogP contribution in [0.3, 0.4) is 0 Å². The molecule has 8 atom stereocenters. The Hall–Kier alpha value is 0.01000. The smallest absolute Gasteiger partial charge is 0.0751 e. The van der Waals surface area contributed by atoms with Crippen molar-refractivity contribution in [1.82, 2.24) is 4.72 Å². The van der Waals surface area contributed by atoms with Gasteiger partial charge in [0.25, 0.3) is 0 Å². The summed E-state index contributed by atoms with van der Waals surface area (Å²) in [4.78, 5) is 0. The summed E-state index contributed by atoms with van der Waals surface area (Å²) in [6.45, 7) is 9.14. The van der Waals surface area contributed by atoms with Crippen molar-refractivity contribution in [3.8, 4) is 0 Å². The molecule has 4 fully saturated rings. The van der Waals surface area contributed by atoms with Gasteiger partial charge in [0, 0.05) is 6.54 Å². The summed E-state index contributed by atoms with van der Waals surface area (Å²) >= 11 is 3.67. The Bertz CT molecular complexity index is 717. The first kappa shape index (κ1) is 22.8. The van der Waals surface area contributed by atoms with E-state index < -0.39 is 0 Å². The van der Waals surface area contributed by atoms with Gasteiger partial charge < -0.3 is 0 Å². The fourth-order valence-electron chi connectivity index (χ4n) is 9.47. The first-order chi connectivity index (χ1) is 15.1. The molecular weight excluding hydrogens is 414 g/mol. The predicted octanol–water partition coefficient (Wildman–Crippen LogP) is 8.81. The van der Waals surface area contributed by atoms with E-state index in [1.807, 2.05) is 23.3 Å². The number of nitrogens with one attached hydrogen (secondary N) is 1. The van der Waals surface area contributed by atoms with Gasteiger partial charge in [-0.15, -0.1) is 11.3 Å². The van der Waals surface area contributed by atoms with E-state index in [0.29, 0.717) is 10.8 Å². The van der Waals surface area contributed by atoms with E-state index in [0.717, 1.165) is 42.1 Å². The Balaban J connectivity index is 1.22. The van der Waals surface area contributed by atoms with Gasteiger partial charge in [-0.2, -0.15) is 0 Å². The second-order valence-corrected chi connectivity index (χ2v) is 14.2. The summed E-state index contributed by atoms with van der Waals surface area (Å²) in [5, 5.41) is 2.17. The van der Waals surface area contributed by atoms with Gasteiger partial charge >= 0.3 is 0 Å². The molecule has 1 heterocycles. The number of fused-ring (bicyclic) bond motifs is 5. The molecular formula is C28H45NS2. The maximum atomic E-state index is 3.62. The molecule has 3 heteroatoms. The van der Waals surface area contributed by atoms with E-state index in [4.69, 9.17) is 0 Å². The molecule has 0 bridgehead atoms. The number of thiophene rings is 1. The lowest BCUT2D eigenvalue weighted by atomic mass is 9.42. The zero-order valence-corrected chi connectivity index (χ0v) is 21.8. The molecule has 0 amide bonds. The van der Waals surface area contributed by atoms with Crippen LogP contribution in [0.15, 0.2) is 21.7 Å². The number of hydrogen-bond acceptors (Lipinski definition) is 3. The molecule has 5 rings (SSSR count). The van der Waals surface area contributed by atoms with Gasteiger partial charge in [0.1, 0.15) is 0 Å². The van der Waals surface area contributed by atoms with Gasteiger partial charge in [-0.25, -0.2) is 0 Å². The standard InChI is InChI=1S/C28H45NS2/c1-4-20-19-22-24-13-12-21(9-7-17-29-31-26-11-8-18-30-26)27(24,2)16-14-25(22)28(3)15-6-5-10-23(20)28/h8,11,18,20-25,29H,4-7,9-10,12-17,19H2,1-3H3/t20-,21?,22?,23?,24?,25-,27?,28?/m0/s1. The molecule has 0 aliphatic heterocycles. The molecule has 0 aromatic carbocycles. The van der Waals surface area contributed by atoms with Gasteiger partial charge in [0.15, 0.2) is 0 Å². The highest BCUT2D eigenvalue weighted by atomic mass is 32.2. The summed E-state index contributed by atoms with van der Waals surface area (Å²) in [5.74, 6) is 6.15. The van der Waals surface area contributed by atoms with Crippen LogP contribution in [0.1, 0.15) is 97.8 Å². The SMILES string of the molecule is CC[C@H]1CC2C3CCC(CCCNSc4cccs4)C3(C)CC[C@@H]2C2(C)CCCCC12. The molecule has 4 aliphatic rings. The average Bonchev–Trinajstić information content (AvgIpc) is 3.40. The maximum absolute atomic E-state index is 3.62. The molecule has 31 heavy (non-hydrogen) atoms. The van der Waals surface area contributed by atoms with Crippen LogP contribution < -0.4 is 4.72 Å². The first-order valence-corrected chi connectivity index (χ1v) is 15.2. The largest absolute Gasteiger partial charge is 0.259 e. The second kappa shape index (κ2) is 9.34. The topological polar surface area (TPSA) is 12.0 Å². The van der Waals surface area contributed by atoms with Crippen LogP contribution in [-0.4, -0.2) is 6.54 Å². The Labute approximate surface area is 200 Å². The Morgan fingerprint density at radius 3 is 2.71 bits per heavy atom. The fraction of sp³-hybridized carbons (Fsp3) is 0.857. The third-order valence-corrected chi connectivity index (χ3v) is 12.9. The van der Waals surface area contributed by atoms with Crippen molar-refractivity contribution >= 4 is 23.3 Å². The van der Waals surface area contributed by atoms with Gasteiger partial charge in [-0.1, -0.05) is 46.1 Å². The average molecular weight is 460 g/mol. The summed E-state index contributed by atoms with van der Waals surface area (Å²) in [5.41, 5.74) is 1.31. The molecule has 4 saturated carbocycles. The van der Waals surface area contributed by atoms with Crippen LogP contribution >= 0.6 is 23.3 Å². The predicted molar refractivity (Wildman–Crippen MR) is 136 cm³/mol. The van der Waals surface area contributed by atoms with Gasteiger partial charge in [0.05, 0.1) is 4.21 Å². The Morgan fingerprint density at radius 2 is 1.90 bits per heavy atom. The maximum Gasteiger partial charge on any atom is 0.0751 e. The van der Waals surface area contributed by atoms with Crippen molar-refractivity contribution in [2.75, 3.05) is 6.54 Å². The van der Waals surface area contributed by atoms with Crippen LogP contribution in [0.2, 0.25) is 0 Å². The van der Waals surface area contributed by atoms with E-state index in [9.17, 15) is 0 Å². The molecule has 174 valence electrons. The molecule has 0 spiro atoms. The minimum Gasteiger partial charge on any atom is -0.259 e. The molecule has 6 unspecified atom stereocenters. The molecule has 1 nitrogen and oxygen atoms in total. The van der Waals surface area contributed by atoms with E-state index in [1.54, 1.807) is 19.3 Å². The lowest BCUT2D eigenvalue weighted by Gasteiger charge is -2.62. The minimum absolute atomic E-state index is 0.637. The highest BCUT2D eigenvalue weighted by molar-refractivity contribution is 7.99. The van der Waals surface area contributed by atoms with Crippen LogP contribution in [0, 0.1) is 46.3 Å². The third-order valence-electron chi connectivity index (χ3n) is 11.0. The van der Waals surface area contributed by atoms with Crippen molar-refractivity contribution in [3.05, 3.63) is 17.5 Å². The molecule has 1 N–H and O–H groups in total. The molecule has 1 aromatic rings. The second-order valence-electron chi connectivity index (χ2n) is 12.0. The van der Waals surface area contributed by atoms with Crippen LogP contribution in [0.5, 0.6) is 0 Å². The van der Waals surface area contributed by atoms with Gasteiger partial charge in [-0.05, 0) is 128 Å². The third kappa shape index (κ3) is 4.08. The zero-order chi connectivity index (χ0) is 21.5. The number of rotatable bonds is 7. The monoisotopic (exact) mass is 459 g/mol. The van der Waals surface area contributed by atoms with Crippen molar-refractivity contribution in [3.63, 3.8) is 0 Å². The van der Waals surface area contributed by atoms with Crippen LogP contribution in [0.25, 0.3) is 0 Å². The van der Waals surface area contributed by atoms with Crippen LogP contribution in [-0.2, 0) is 0 Å². The van der Waals surface area contributed by atoms with E-state index in [2.05, 4.69) is 43.0 Å². The summed E-state index contributed by atoms with van der Waals surface area (Å²) in [7, 11) is 0. The minimum atomic E-state index is 0.637. The van der Waals surface area contributed by atoms with Crippen molar-refractivity contribution in [1.29, 1.82) is 0 Å². The zero-order valence-electron chi connectivity index (χ0n) is 20.2. The Morgan fingerprint density at radius 1 is 1.03 bits per heavy atom. The number of hydrogen-bond donors (Lipinski definition) is 1. The molecule has 4 aliphatic carbocycles. The summed E-state index contributed by atoms with van der Waals surface area (Å²) in [6, 6.07) is 4.36. The van der Waals surface area contributed by atoms with E-state index in [1.165, 1.54) is 62.0 Å². The van der Waals surface area contributed by atoms with E-state index in [-0.39, 0.29) is 0 Å². The van der Waals surface area contributed by atoms with Gasteiger partial charge in [-0.3, -0.25) is 4.72 Å². The Kier molecular flexibility index (Phi) is 6.86. The molecule has 0 radical (unpaired) electrons. The lowest BCUT2D eigenvalue weighted by Crippen LogP contribution is -2.55. The van der Waals surface area contributed by atoms with Crippen molar-refractivity contribution in [2.24, 2.45) is 46.3 Å². The van der Waals surface area contributed by atoms with Crippen molar-refractivity contribution < 1.29 is 0 Å². The normalized spacial score (nSPS) is 44.5. The van der Waals surface area contributed by atoms with Crippen LogP contribution in [0.4, 0.5) is 0 Å². The lowest BCUT2D eigenvalue weighted by molar-refractivity contribution is -0.135. The first-order valence-electron chi connectivity index (χ1n) is 13.5. The summed E-state index contributed by atoms with van der Waals surface area (Å²) < 4.78 is 5.01. The highest BCUT2D eigenvalue weighted by Gasteiger charge is 2.60. The quantitative estimate of drug-likeness (QED) is 0.323. The van der Waals surface area contributed by atoms with E-state index >= 15 is 0 Å².